The van der Waals surface area contributed by atoms with Gasteiger partial charge in [-0.2, -0.15) is 0 Å². The number of rotatable bonds is 12. The minimum absolute atomic E-state index is 1.07. The molecule has 0 unspecified atom stereocenters. The summed E-state index contributed by atoms with van der Waals surface area (Å²) in [5.41, 5.74) is 20.9. The largest absolute Gasteiger partial charge is 0.310 e. The highest BCUT2D eigenvalue weighted by atomic mass is 15.1. The van der Waals surface area contributed by atoms with Crippen LogP contribution in [0.1, 0.15) is 18.4 Å². The van der Waals surface area contributed by atoms with Gasteiger partial charge in [0, 0.05) is 34.1 Å². The predicted molar refractivity (Wildman–Crippen MR) is 324 cm³/mol. The van der Waals surface area contributed by atoms with Crippen molar-refractivity contribution in [1.82, 2.24) is 0 Å². The number of allylic oxidation sites excluding steroid dienone is 4. The van der Waals surface area contributed by atoms with Crippen LogP contribution in [0.15, 0.2) is 303 Å². The van der Waals surface area contributed by atoms with E-state index in [1.165, 1.54) is 77.2 Å². The summed E-state index contributed by atoms with van der Waals surface area (Å²) in [4.78, 5) is 4.79. The van der Waals surface area contributed by atoms with Crippen molar-refractivity contribution >= 4 is 61.2 Å². The lowest BCUT2D eigenvalue weighted by molar-refractivity contribution is 1.04. The van der Waals surface area contributed by atoms with E-state index in [9.17, 15) is 0 Å². The van der Waals surface area contributed by atoms with E-state index in [0.29, 0.717) is 0 Å². The molecule has 0 N–H and O–H groups in total. The lowest BCUT2D eigenvalue weighted by atomic mass is 9.84. The third-order valence-electron chi connectivity index (χ3n) is 14.9. The highest BCUT2D eigenvalue weighted by Crippen LogP contribution is 2.49. The zero-order valence-corrected chi connectivity index (χ0v) is 42.2. The fourth-order valence-electron chi connectivity index (χ4n) is 11.1. The van der Waals surface area contributed by atoms with Gasteiger partial charge in [0.15, 0.2) is 0 Å². The van der Waals surface area contributed by atoms with Gasteiger partial charge in [-0.25, -0.2) is 0 Å². The van der Waals surface area contributed by atoms with Crippen LogP contribution >= 0.6 is 0 Å². The second-order valence-corrected chi connectivity index (χ2v) is 19.5. The standard InChI is InChI=1S/C74H54N2/c1-7-19-53(20-8-1)57-31-35-61(36-32-57)73-69-49-47-68(76(64-29-17-6-18-30-64)66-45-41-60(42-46-66)56-25-13-4-14-26-56)52-72(69)74(62-37-33-58(34-38-62)54-21-9-2-10-22-54)70-50-48-67(51-71(70)73)75(63-27-15-5-16-28-63)65-43-39-59(40-44-65)55-23-11-3-12-24-55/h1-3,5-13,15-52H,4,14H2. The minimum atomic E-state index is 1.07. The average molecular weight is 971 g/mol. The van der Waals surface area contributed by atoms with Crippen molar-refractivity contribution in [3.8, 4) is 55.6 Å². The zero-order chi connectivity index (χ0) is 50.6. The number of nitrogens with zero attached hydrogens (tertiary/aromatic N) is 2. The van der Waals surface area contributed by atoms with Gasteiger partial charge in [-0.1, -0.05) is 231 Å². The first-order valence-electron chi connectivity index (χ1n) is 26.4. The SMILES string of the molecule is C1=CC(c2ccc(N(c3ccccc3)c3ccc4c(-c5ccc(-c6ccccc6)cc5)c5cc(N(c6ccccc6)c6ccc(-c7ccccc7)cc6)ccc5c(-c5ccc(-c6ccccc6)cc5)c4c3)cc2)=CCC1. The van der Waals surface area contributed by atoms with Crippen LogP contribution in [0.5, 0.6) is 0 Å². The van der Waals surface area contributed by atoms with E-state index >= 15 is 0 Å². The first-order chi connectivity index (χ1) is 37.7. The Bertz CT molecular complexity index is 4020. The van der Waals surface area contributed by atoms with Crippen LogP contribution in [-0.4, -0.2) is 0 Å². The Morgan fingerprint density at radius 3 is 0.895 bits per heavy atom. The molecule has 12 aromatic rings. The third kappa shape index (κ3) is 9.08. The van der Waals surface area contributed by atoms with E-state index in [4.69, 9.17) is 0 Å². The highest BCUT2D eigenvalue weighted by Gasteiger charge is 2.23. The number of anilines is 6. The Labute approximate surface area is 446 Å². The van der Waals surface area contributed by atoms with E-state index < -0.39 is 0 Å². The molecule has 0 aromatic heterocycles. The summed E-state index contributed by atoms with van der Waals surface area (Å²) in [6, 6.07) is 104. The molecule has 1 aliphatic rings. The molecule has 360 valence electrons. The van der Waals surface area contributed by atoms with Crippen LogP contribution in [0.2, 0.25) is 0 Å². The fraction of sp³-hybridized carbons (Fsp3) is 0.0270. The Morgan fingerprint density at radius 2 is 0.526 bits per heavy atom. The molecule has 0 heterocycles. The van der Waals surface area contributed by atoms with Crippen LogP contribution in [0.3, 0.4) is 0 Å². The summed E-state index contributed by atoms with van der Waals surface area (Å²) in [7, 11) is 0. The summed E-state index contributed by atoms with van der Waals surface area (Å²) in [5.74, 6) is 0. The molecule has 0 saturated carbocycles. The maximum absolute atomic E-state index is 2.43. The van der Waals surface area contributed by atoms with Crippen LogP contribution in [-0.2, 0) is 0 Å². The quantitative estimate of drug-likeness (QED) is 0.113. The number of fused-ring (bicyclic) bond motifs is 2. The molecule has 2 heteroatoms. The van der Waals surface area contributed by atoms with Crippen molar-refractivity contribution in [3.05, 3.63) is 309 Å². The van der Waals surface area contributed by atoms with E-state index in [-0.39, 0.29) is 0 Å². The minimum Gasteiger partial charge on any atom is -0.310 e. The molecular weight excluding hydrogens is 917 g/mol. The lowest BCUT2D eigenvalue weighted by Crippen LogP contribution is -2.10. The van der Waals surface area contributed by atoms with Gasteiger partial charge >= 0.3 is 0 Å². The second kappa shape index (κ2) is 20.6. The molecule has 0 atom stereocenters. The van der Waals surface area contributed by atoms with Gasteiger partial charge in [-0.3, -0.25) is 0 Å². The maximum Gasteiger partial charge on any atom is 0.0468 e. The number of para-hydroxylation sites is 2. The van der Waals surface area contributed by atoms with Gasteiger partial charge in [0.05, 0.1) is 0 Å². The van der Waals surface area contributed by atoms with E-state index in [1.807, 2.05) is 0 Å². The summed E-state index contributed by atoms with van der Waals surface area (Å²) >= 11 is 0. The molecule has 0 radical (unpaired) electrons. The number of hydrogen-bond donors (Lipinski definition) is 0. The Balaban J connectivity index is 1.06. The van der Waals surface area contributed by atoms with Crippen molar-refractivity contribution in [2.45, 2.75) is 12.8 Å². The summed E-state index contributed by atoms with van der Waals surface area (Å²) in [6.07, 6.45) is 9.05. The van der Waals surface area contributed by atoms with Gasteiger partial charge < -0.3 is 9.80 Å². The fourth-order valence-corrected chi connectivity index (χ4v) is 11.1. The van der Waals surface area contributed by atoms with E-state index in [2.05, 4.69) is 313 Å². The molecule has 13 rings (SSSR count). The molecule has 0 fully saturated rings. The average Bonchev–Trinajstić information content (AvgIpc) is 3.56. The van der Waals surface area contributed by atoms with Gasteiger partial charge in [0.2, 0.25) is 0 Å². The van der Waals surface area contributed by atoms with E-state index in [1.54, 1.807) is 0 Å². The van der Waals surface area contributed by atoms with Crippen LogP contribution in [0, 0.1) is 0 Å². The summed E-state index contributed by atoms with van der Waals surface area (Å²) in [5, 5.41) is 4.72. The van der Waals surface area contributed by atoms with Crippen molar-refractivity contribution in [2.24, 2.45) is 0 Å². The van der Waals surface area contributed by atoms with Gasteiger partial charge in [0.25, 0.3) is 0 Å². The van der Waals surface area contributed by atoms with Gasteiger partial charge in [-0.15, -0.1) is 0 Å². The predicted octanol–water partition coefficient (Wildman–Crippen LogP) is 21.0. The molecule has 0 bridgehead atoms. The van der Waals surface area contributed by atoms with E-state index in [0.717, 1.165) is 58.1 Å². The molecule has 0 amide bonds. The lowest BCUT2D eigenvalue weighted by Gasteiger charge is -2.28. The third-order valence-corrected chi connectivity index (χ3v) is 14.9. The van der Waals surface area contributed by atoms with Gasteiger partial charge in [-0.05, 0) is 174 Å². The number of benzene rings is 12. The van der Waals surface area contributed by atoms with Crippen LogP contribution in [0.4, 0.5) is 34.1 Å². The van der Waals surface area contributed by atoms with Crippen molar-refractivity contribution < 1.29 is 0 Å². The molecule has 76 heavy (non-hydrogen) atoms. The first kappa shape index (κ1) is 46.1. The Morgan fingerprint density at radius 1 is 0.224 bits per heavy atom. The van der Waals surface area contributed by atoms with Crippen LogP contribution in [0.25, 0.3) is 82.8 Å². The molecule has 1 aliphatic carbocycles. The molecule has 2 nitrogen and oxygen atoms in total. The molecule has 0 spiro atoms. The molecule has 0 saturated heterocycles. The summed E-state index contributed by atoms with van der Waals surface area (Å²) in [6.45, 7) is 0. The monoisotopic (exact) mass is 970 g/mol. The zero-order valence-electron chi connectivity index (χ0n) is 42.2. The topological polar surface area (TPSA) is 6.48 Å². The second-order valence-electron chi connectivity index (χ2n) is 19.5. The maximum atomic E-state index is 2.43. The van der Waals surface area contributed by atoms with Crippen molar-refractivity contribution in [3.63, 3.8) is 0 Å². The molecule has 12 aromatic carbocycles. The molecule has 0 aliphatic heterocycles. The van der Waals surface area contributed by atoms with Crippen molar-refractivity contribution in [2.75, 3.05) is 9.80 Å². The first-order valence-corrected chi connectivity index (χ1v) is 26.4. The highest BCUT2D eigenvalue weighted by molar-refractivity contribution is 6.23. The Kier molecular flexibility index (Phi) is 12.5. The summed E-state index contributed by atoms with van der Waals surface area (Å²) < 4.78 is 0. The van der Waals surface area contributed by atoms with Gasteiger partial charge in [0.1, 0.15) is 0 Å². The van der Waals surface area contributed by atoms with Crippen LogP contribution < -0.4 is 9.80 Å². The Hall–Kier alpha value is -9.76. The normalized spacial score (nSPS) is 12.1. The molecular formula is C74H54N2. The smallest absolute Gasteiger partial charge is 0.0468 e. The van der Waals surface area contributed by atoms with Crippen molar-refractivity contribution in [1.29, 1.82) is 0 Å². The number of hydrogen-bond acceptors (Lipinski definition) is 2.